The number of rotatable bonds is 2. The van der Waals surface area contributed by atoms with Gasteiger partial charge in [0.05, 0.1) is 0 Å². The Morgan fingerprint density at radius 3 is 2.96 bits per heavy atom. The van der Waals surface area contributed by atoms with Crippen LogP contribution in [0.3, 0.4) is 0 Å². The first-order valence-electron chi connectivity index (χ1n) is 6.51. The van der Waals surface area contributed by atoms with E-state index in [1.54, 1.807) is 0 Å². The highest BCUT2D eigenvalue weighted by molar-refractivity contribution is 6.30. The number of aromatic nitrogens is 3. The van der Waals surface area contributed by atoms with Gasteiger partial charge in [0.25, 0.3) is 5.56 Å². The maximum Gasteiger partial charge on any atom is 0.264 e. The molecule has 0 saturated carbocycles. The van der Waals surface area contributed by atoms with Crippen molar-refractivity contribution in [3.8, 4) is 11.3 Å². The molecule has 1 aliphatic heterocycles. The number of nitrogens with zero attached hydrogens (tertiary/aromatic N) is 2. The zero-order chi connectivity index (χ0) is 17.6. The Morgan fingerprint density at radius 1 is 1.62 bits per heavy atom. The smallest absolute Gasteiger partial charge is 0.264 e. The molecule has 2 aromatic rings. The molecular formula is C13H11ClFN5O4. The van der Waals surface area contributed by atoms with E-state index in [1.165, 1.54) is 0 Å². The second-order valence-corrected chi connectivity index (χ2v) is 5.21. The highest BCUT2D eigenvalue weighted by atomic mass is 35.5. The zero-order valence-electron chi connectivity index (χ0n) is 11.9. The number of aliphatic hydroxyl groups excluding tert-OH is 2. The highest BCUT2D eigenvalue weighted by Crippen LogP contribution is 2.39. The van der Waals surface area contributed by atoms with E-state index in [2.05, 4.69) is 15.9 Å². The summed E-state index contributed by atoms with van der Waals surface area (Å²) in [6, 6.07) is 0. The van der Waals surface area contributed by atoms with Gasteiger partial charge in [0, 0.05) is 11.6 Å². The normalized spacial score (nSPS) is 23.2. The monoisotopic (exact) mass is 355 g/mol. The second kappa shape index (κ2) is 5.41. The van der Waals surface area contributed by atoms with Crippen molar-refractivity contribution < 1.29 is 19.3 Å². The lowest BCUT2D eigenvalue weighted by Gasteiger charge is -2.26. The number of anilines is 1. The molecule has 24 heavy (non-hydrogen) atoms. The largest absolute Gasteiger partial charge is 0.506 e. The molecule has 0 radical (unpaired) electrons. The summed E-state index contributed by atoms with van der Waals surface area (Å²) >= 11 is 5.39. The van der Waals surface area contributed by atoms with E-state index < -0.39 is 35.5 Å². The number of aliphatic hydroxyl groups is 2. The van der Waals surface area contributed by atoms with Gasteiger partial charge >= 0.3 is 0 Å². The van der Waals surface area contributed by atoms with Gasteiger partial charge in [0.15, 0.2) is 28.5 Å². The third kappa shape index (κ3) is 2.10. The Bertz CT molecular complexity index is 988. The minimum absolute atomic E-state index is 0.170. The van der Waals surface area contributed by atoms with E-state index >= 15 is 0 Å². The van der Waals surface area contributed by atoms with E-state index in [-0.39, 0.29) is 22.7 Å². The summed E-state index contributed by atoms with van der Waals surface area (Å²) < 4.78 is 20.6. The minimum Gasteiger partial charge on any atom is -0.506 e. The van der Waals surface area contributed by atoms with E-state index in [0.717, 1.165) is 10.8 Å². The lowest BCUT2D eigenvalue weighted by Crippen LogP contribution is -2.46. The Balaban J connectivity index is 2.28. The first kappa shape index (κ1) is 16.1. The predicted octanol–water partition coefficient (Wildman–Crippen LogP) is -0.366. The number of fused-ring (bicyclic) bond motifs is 1. The summed E-state index contributed by atoms with van der Waals surface area (Å²) in [5.41, 5.74) is 8.67. The Kier molecular flexibility index (Phi) is 3.64. The summed E-state index contributed by atoms with van der Waals surface area (Å²) in [5, 5.41) is 21.1. The number of nitrogens with two attached hydrogens (primary N) is 2. The van der Waals surface area contributed by atoms with Gasteiger partial charge in [-0.2, -0.15) is 4.98 Å². The van der Waals surface area contributed by atoms with Crippen LogP contribution in [0.5, 0.6) is 0 Å². The molecule has 7 N–H and O–H groups in total. The van der Waals surface area contributed by atoms with Crippen molar-refractivity contribution in [3.63, 3.8) is 0 Å². The minimum atomic E-state index is -1.89. The van der Waals surface area contributed by atoms with Crippen molar-refractivity contribution >= 4 is 28.6 Å². The first-order chi connectivity index (χ1) is 11.3. The summed E-state index contributed by atoms with van der Waals surface area (Å²) in [6.45, 7) is -0.677. The van der Waals surface area contributed by atoms with E-state index in [0.29, 0.717) is 0 Å². The van der Waals surface area contributed by atoms with Gasteiger partial charge in [0.2, 0.25) is 12.2 Å². The van der Waals surface area contributed by atoms with Gasteiger partial charge in [0.1, 0.15) is 12.0 Å². The molecule has 11 heteroatoms. The molecule has 0 spiro atoms. The number of aromatic amines is 1. The zero-order valence-corrected chi connectivity index (χ0v) is 12.6. The van der Waals surface area contributed by atoms with Crippen LogP contribution in [0.1, 0.15) is 6.23 Å². The number of nitrogens with one attached hydrogen (secondary N) is 1. The average molecular weight is 356 g/mol. The van der Waals surface area contributed by atoms with Gasteiger partial charge in [-0.25, -0.2) is 4.39 Å². The highest BCUT2D eigenvalue weighted by Gasteiger charge is 2.50. The summed E-state index contributed by atoms with van der Waals surface area (Å²) in [7, 11) is 0. The fourth-order valence-electron chi connectivity index (χ4n) is 2.53. The van der Waals surface area contributed by atoms with Gasteiger partial charge in [-0.1, -0.05) is 0 Å². The number of hydrogen-bond donors (Lipinski definition) is 5. The molecule has 0 bridgehead atoms. The molecule has 126 valence electrons. The SMILES string of the molecule is Nc1nc2c(c(F)cn2[C@@H]2OC(CO)=C(O)C2(N)C#CCl)c(=O)[nH]1. The number of halogens is 2. The molecule has 3 heterocycles. The predicted molar refractivity (Wildman–Crippen MR) is 82.1 cm³/mol. The number of H-pyrrole nitrogens is 1. The third-order valence-electron chi connectivity index (χ3n) is 3.60. The Morgan fingerprint density at radius 2 is 2.33 bits per heavy atom. The summed E-state index contributed by atoms with van der Waals surface area (Å²) in [5.74, 6) is 0.363. The number of nitrogen functional groups attached to an aromatic ring is 1. The van der Waals surface area contributed by atoms with Crippen molar-refractivity contribution in [2.75, 3.05) is 12.3 Å². The molecule has 2 atom stereocenters. The molecule has 2 aromatic heterocycles. The lowest BCUT2D eigenvalue weighted by molar-refractivity contribution is 0.0404. The summed E-state index contributed by atoms with van der Waals surface area (Å²) in [6.07, 6.45) is -0.436. The van der Waals surface area contributed by atoms with Crippen LogP contribution in [0.2, 0.25) is 0 Å². The molecule has 0 amide bonds. The van der Waals surface area contributed by atoms with Crippen molar-refractivity contribution in [1.29, 1.82) is 0 Å². The van der Waals surface area contributed by atoms with E-state index in [4.69, 9.17) is 27.8 Å². The molecular weight excluding hydrogens is 345 g/mol. The molecule has 0 aliphatic carbocycles. The molecule has 9 nitrogen and oxygen atoms in total. The fourth-order valence-corrected chi connectivity index (χ4v) is 2.68. The summed E-state index contributed by atoms with van der Waals surface area (Å²) in [4.78, 5) is 17.9. The van der Waals surface area contributed by atoms with E-state index in [9.17, 15) is 19.4 Å². The standard InChI is InChI=1S/C13H11ClFN5O4/c14-2-1-13(17)8(22)6(4-21)24-11(13)20-3-5(15)7-9(20)18-12(16)19-10(7)23/h3,11,21-22H,4,17H2,(H3,16,18,19,23)/t11-,13?/m1/s1. The van der Waals surface area contributed by atoms with E-state index in [1.807, 2.05) is 5.38 Å². The van der Waals surface area contributed by atoms with Gasteiger partial charge in [-0.05, 0) is 17.5 Å². The lowest BCUT2D eigenvalue weighted by atomic mass is 9.98. The fraction of sp³-hybridized carbons (Fsp3) is 0.231. The van der Waals surface area contributed by atoms with Crippen LogP contribution >= 0.6 is 11.6 Å². The molecule has 1 aliphatic rings. The van der Waals surface area contributed by atoms with Crippen molar-refractivity contribution in [3.05, 3.63) is 33.9 Å². The quantitative estimate of drug-likeness (QED) is 0.461. The van der Waals surface area contributed by atoms with Crippen molar-refractivity contribution in [2.45, 2.75) is 11.8 Å². The number of hydrogen-bond acceptors (Lipinski definition) is 7. The topological polar surface area (TPSA) is 152 Å². The first-order valence-corrected chi connectivity index (χ1v) is 6.89. The van der Waals surface area contributed by atoms with Gasteiger partial charge in [-0.3, -0.25) is 14.3 Å². The van der Waals surface area contributed by atoms with Crippen LogP contribution in [0.25, 0.3) is 11.0 Å². The molecule has 0 fully saturated rings. The van der Waals surface area contributed by atoms with Gasteiger partial charge in [-0.15, -0.1) is 0 Å². The van der Waals surface area contributed by atoms with Crippen LogP contribution < -0.4 is 17.0 Å². The third-order valence-corrected chi connectivity index (χ3v) is 3.70. The molecule has 3 rings (SSSR count). The molecule has 0 aromatic carbocycles. The second-order valence-electron chi connectivity index (χ2n) is 5.02. The van der Waals surface area contributed by atoms with Gasteiger partial charge < -0.3 is 26.4 Å². The number of ether oxygens (including phenoxy) is 1. The van der Waals surface area contributed by atoms with Crippen LogP contribution in [0.4, 0.5) is 10.3 Å². The maximum atomic E-state index is 14.2. The van der Waals surface area contributed by atoms with Crippen molar-refractivity contribution in [1.82, 2.24) is 14.5 Å². The molecule has 1 unspecified atom stereocenters. The Labute approximate surface area is 138 Å². The molecule has 0 saturated heterocycles. The average Bonchev–Trinajstić information content (AvgIpc) is 2.96. The van der Waals surface area contributed by atoms with Crippen LogP contribution in [-0.2, 0) is 4.74 Å². The van der Waals surface area contributed by atoms with Crippen LogP contribution in [0.15, 0.2) is 22.5 Å². The Hall–Kier alpha value is -2.74. The van der Waals surface area contributed by atoms with Crippen LogP contribution in [-0.4, -0.2) is 36.9 Å². The van der Waals surface area contributed by atoms with Crippen molar-refractivity contribution in [2.24, 2.45) is 5.73 Å². The van der Waals surface area contributed by atoms with Crippen LogP contribution in [0, 0.1) is 17.1 Å². The maximum absolute atomic E-state index is 14.2.